The molecule has 2 N–H and O–H groups in total. The summed E-state index contributed by atoms with van der Waals surface area (Å²) in [4.78, 5) is 22.7. The second-order valence-electron chi connectivity index (χ2n) is 5.51. The molecule has 0 saturated carbocycles. The first-order chi connectivity index (χ1) is 11.2. The molecule has 1 aliphatic heterocycles. The van der Waals surface area contributed by atoms with E-state index in [0.29, 0.717) is 17.3 Å². The highest BCUT2D eigenvalue weighted by Crippen LogP contribution is 2.29. The lowest BCUT2D eigenvalue weighted by Crippen LogP contribution is -2.24. The van der Waals surface area contributed by atoms with Gasteiger partial charge in [0.2, 0.25) is 11.4 Å². The van der Waals surface area contributed by atoms with E-state index in [1.54, 1.807) is 12.3 Å². The minimum absolute atomic E-state index is 0.168. The van der Waals surface area contributed by atoms with Gasteiger partial charge in [-0.3, -0.25) is 9.78 Å². The minimum Gasteiger partial charge on any atom is -0.334 e. The molecule has 23 heavy (non-hydrogen) atoms. The standard InChI is InChI=1S/C16H15N5O2/c1-9-14(12-4-5-17-6-11(12)8-18-9)15-20-16(23-21-15)10-2-3-13(22)19-7-10/h2-3,7-8,17H,4-6H2,1H3,(H,19,22). The molecule has 1 aliphatic rings. The highest BCUT2D eigenvalue weighted by molar-refractivity contribution is 5.66. The predicted molar refractivity (Wildman–Crippen MR) is 83.7 cm³/mol. The third-order valence-corrected chi connectivity index (χ3v) is 4.01. The molecule has 4 heterocycles. The Bertz CT molecular complexity index is 908. The molecule has 0 radical (unpaired) electrons. The highest BCUT2D eigenvalue weighted by atomic mass is 16.5. The summed E-state index contributed by atoms with van der Waals surface area (Å²) in [5, 5.41) is 7.45. The molecule has 0 bridgehead atoms. The smallest absolute Gasteiger partial charge is 0.259 e. The van der Waals surface area contributed by atoms with Crippen molar-refractivity contribution in [1.82, 2.24) is 25.4 Å². The van der Waals surface area contributed by atoms with Crippen LogP contribution in [0.3, 0.4) is 0 Å². The van der Waals surface area contributed by atoms with Gasteiger partial charge in [-0.25, -0.2) is 0 Å². The zero-order valence-corrected chi connectivity index (χ0v) is 12.6. The highest BCUT2D eigenvalue weighted by Gasteiger charge is 2.21. The summed E-state index contributed by atoms with van der Waals surface area (Å²) in [6, 6.07) is 3.09. The number of aromatic amines is 1. The van der Waals surface area contributed by atoms with Gasteiger partial charge in [-0.15, -0.1) is 0 Å². The zero-order chi connectivity index (χ0) is 15.8. The Balaban J connectivity index is 1.80. The quantitative estimate of drug-likeness (QED) is 0.743. The Hall–Kier alpha value is -2.80. The Morgan fingerprint density at radius 3 is 3.04 bits per heavy atom. The molecule has 7 heteroatoms. The summed E-state index contributed by atoms with van der Waals surface area (Å²) in [5.74, 6) is 0.914. The van der Waals surface area contributed by atoms with Crippen molar-refractivity contribution in [3.05, 3.63) is 51.7 Å². The number of pyridine rings is 2. The fourth-order valence-corrected chi connectivity index (χ4v) is 2.85. The van der Waals surface area contributed by atoms with Crippen molar-refractivity contribution < 1.29 is 4.52 Å². The van der Waals surface area contributed by atoms with Gasteiger partial charge in [0.05, 0.1) is 5.56 Å². The first kappa shape index (κ1) is 13.8. The number of nitrogens with zero attached hydrogens (tertiary/aromatic N) is 3. The summed E-state index contributed by atoms with van der Waals surface area (Å²) in [6.45, 7) is 3.68. The van der Waals surface area contributed by atoms with Crippen LogP contribution in [-0.2, 0) is 13.0 Å². The minimum atomic E-state index is -0.168. The molecule has 4 rings (SSSR count). The summed E-state index contributed by atoms with van der Waals surface area (Å²) in [5.41, 5.74) is 4.75. The summed E-state index contributed by atoms with van der Waals surface area (Å²) in [6.07, 6.45) is 4.38. The normalized spacial score (nSPS) is 13.8. The van der Waals surface area contributed by atoms with Crippen molar-refractivity contribution in [3.63, 3.8) is 0 Å². The first-order valence-electron chi connectivity index (χ1n) is 7.43. The van der Waals surface area contributed by atoms with Gasteiger partial charge in [0, 0.05) is 36.3 Å². The number of rotatable bonds is 2. The molecule has 0 aliphatic carbocycles. The van der Waals surface area contributed by atoms with Gasteiger partial charge in [-0.05, 0) is 37.1 Å². The van der Waals surface area contributed by atoms with Gasteiger partial charge in [-0.1, -0.05) is 5.16 Å². The average molecular weight is 309 g/mol. The Morgan fingerprint density at radius 1 is 1.30 bits per heavy atom. The molecule has 116 valence electrons. The van der Waals surface area contributed by atoms with Crippen molar-refractivity contribution in [2.24, 2.45) is 0 Å². The van der Waals surface area contributed by atoms with E-state index < -0.39 is 0 Å². The van der Waals surface area contributed by atoms with E-state index >= 15 is 0 Å². The van der Waals surface area contributed by atoms with E-state index in [1.807, 2.05) is 13.1 Å². The lowest BCUT2D eigenvalue weighted by Gasteiger charge is -2.19. The molecule has 0 spiro atoms. The van der Waals surface area contributed by atoms with E-state index in [2.05, 4.69) is 25.4 Å². The molecule has 3 aromatic rings. The molecular weight excluding hydrogens is 294 g/mol. The maximum absolute atomic E-state index is 11.1. The van der Waals surface area contributed by atoms with Gasteiger partial charge in [-0.2, -0.15) is 4.98 Å². The molecule has 0 saturated heterocycles. The fourth-order valence-electron chi connectivity index (χ4n) is 2.85. The Kier molecular flexibility index (Phi) is 3.27. The molecule has 7 nitrogen and oxygen atoms in total. The van der Waals surface area contributed by atoms with Crippen LogP contribution in [0.25, 0.3) is 22.8 Å². The first-order valence-corrected chi connectivity index (χ1v) is 7.43. The van der Waals surface area contributed by atoms with Gasteiger partial charge in [0.15, 0.2) is 0 Å². The van der Waals surface area contributed by atoms with Crippen LogP contribution in [0.15, 0.2) is 33.8 Å². The second-order valence-corrected chi connectivity index (χ2v) is 5.51. The van der Waals surface area contributed by atoms with E-state index in [1.165, 1.54) is 17.2 Å². The third kappa shape index (κ3) is 2.44. The molecule has 0 amide bonds. The zero-order valence-electron chi connectivity index (χ0n) is 12.6. The predicted octanol–water partition coefficient (Wildman–Crippen LogP) is 1.44. The SMILES string of the molecule is Cc1ncc2c(c1-c1noc(-c3ccc(=O)[nH]c3)n1)CCNC2. The summed E-state index contributed by atoms with van der Waals surface area (Å²) >= 11 is 0. The second kappa shape index (κ2) is 5.44. The van der Waals surface area contributed by atoms with Crippen molar-refractivity contribution in [3.8, 4) is 22.8 Å². The number of aryl methyl sites for hydroxylation is 1. The maximum Gasteiger partial charge on any atom is 0.259 e. The van der Waals surface area contributed by atoms with Crippen LogP contribution in [-0.4, -0.2) is 26.7 Å². The van der Waals surface area contributed by atoms with Crippen LogP contribution in [0.5, 0.6) is 0 Å². The van der Waals surface area contributed by atoms with Crippen molar-refractivity contribution in [2.75, 3.05) is 6.54 Å². The largest absolute Gasteiger partial charge is 0.334 e. The monoisotopic (exact) mass is 309 g/mol. The number of H-pyrrole nitrogens is 1. The van der Waals surface area contributed by atoms with Crippen LogP contribution in [0, 0.1) is 6.92 Å². The van der Waals surface area contributed by atoms with Crippen molar-refractivity contribution in [2.45, 2.75) is 19.9 Å². The number of hydrogen-bond donors (Lipinski definition) is 2. The number of aromatic nitrogens is 4. The van der Waals surface area contributed by atoms with E-state index in [-0.39, 0.29) is 5.56 Å². The van der Waals surface area contributed by atoms with Gasteiger partial charge < -0.3 is 14.8 Å². The molecule has 0 aromatic carbocycles. The van der Waals surface area contributed by atoms with Crippen LogP contribution in [0.4, 0.5) is 0 Å². The van der Waals surface area contributed by atoms with Crippen LogP contribution < -0.4 is 10.9 Å². The molecule has 0 fully saturated rings. The lowest BCUT2D eigenvalue weighted by atomic mass is 9.95. The number of nitrogens with one attached hydrogen (secondary N) is 2. The molecule has 3 aromatic heterocycles. The van der Waals surface area contributed by atoms with Gasteiger partial charge in [0.25, 0.3) is 5.89 Å². The topological polar surface area (TPSA) is 96.7 Å². The molecular formula is C16H15N5O2. The summed E-state index contributed by atoms with van der Waals surface area (Å²) < 4.78 is 5.36. The van der Waals surface area contributed by atoms with Gasteiger partial charge in [0.1, 0.15) is 0 Å². The Labute approximate surface area is 131 Å². The third-order valence-electron chi connectivity index (χ3n) is 4.01. The van der Waals surface area contributed by atoms with Crippen LogP contribution >= 0.6 is 0 Å². The molecule has 0 atom stereocenters. The van der Waals surface area contributed by atoms with Crippen molar-refractivity contribution in [1.29, 1.82) is 0 Å². The Morgan fingerprint density at radius 2 is 2.22 bits per heavy atom. The fraction of sp³-hybridized carbons (Fsp3) is 0.250. The van der Waals surface area contributed by atoms with E-state index in [4.69, 9.17) is 4.52 Å². The maximum atomic E-state index is 11.1. The van der Waals surface area contributed by atoms with Gasteiger partial charge >= 0.3 is 0 Å². The molecule has 0 unspecified atom stereocenters. The van der Waals surface area contributed by atoms with Crippen LogP contribution in [0.2, 0.25) is 0 Å². The summed E-state index contributed by atoms with van der Waals surface area (Å²) in [7, 11) is 0. The lowest BCUT2D eigenvalue weighted by molar-refractivity contribution is 0.432. The number of fused-ring (bicyclic) bond motifs is 1. The van der Waals surface area contributed by atoms with E-state index in [0.717, 1.165) is 30.8 Å². The van der Waals surface area contributed by atoms with Crippen LogP contribution in [0.1, 0.15) is 16.8 Å². The van der Waals surface area contributed by atoms with Crippen molar-refractivity contribution >= 4 is 0 Å². The van der Waals surface area contributed by atoms with E-state index in [9.17, 15) is 4.79 Å². The number of hydrogen-bond acceptors (Lipinski definition) is 6. The average Bonchev–Trinajstić information content (AvgIpc) is 3.05.